The quantitative estimate of drug-likeness (QED) is 0.725. The van der Waals surface area contributed by atoms with Gasteiger partial charge in [-0.25, -0.2) is 4.68 Å². The van der Waals surface area contributed by atoms with Crippen molar-refractivity contribution in [1.29, 1.82) is 0 Å². The van der Waals surface area contributed by atoms with Crippen molar-refractivity contribution >= 4 is 17.7 Å². The molecule has 0 radical (unpaired) electrons. The molecule has 0 N–H and O–H groups in total. The number of hydrogen-bond acceptors (Lipinski definition) is 5. The second kappa shape index (κ2) is 8.99. The van der Waals surface area contributed by atoms with Gasteiger partial charge in [0.05, 0.1) is 17.5 Å². The second-order valence-electron chi connectivity index (χ2n) is 6.36. The summed E-state index contributed by atoms with van der Waals surface area (Å²) in [6.07, 6.45) is 4.81. The molecule has 1 heterocycles. The van der Waals surface area contributed by atoms with Gasteiger partial charge in [0.2, 0.25) is 5.91 Å². The summed E-state index contributed by atoms with van der Waals surface area (Å²) < 4.78 is 1.96. The lowest BCUT2D eigenvalue weighted by Gasteiger charge is -2.21. The zero-order chi connectivity index (χ0) is 17.5. The molecular weight excluding hydrogens is 334 g/mol. The maximum absolute atomic E-state index is 12.5. The Morgan fingerprint density at radius 1 is 1.28 bits per heavy atom. The van der Waals surface area contributed by atoms with Crippen LogP contribution in [0.3, 0.4) is 0 Å². The van der Waals surface area contributed by atoms with E-state index in [9.17, 15) is 4.79 Å². The van der Waals surface area contributed by atoms with Crippen LogP contribution in [0.25, 0.3) is 0 Å². The Kier molecular flexibility index (Phi) is 6.44. The maximum Gasteiger partial charge on any atom is 0.232 e. The van der Waals surface area contributed by atoms with Crippen LogP contribution in [0.5, 0.6) is 0 Å². The summed E-state index contributed by atoms with van der Waals surface area (Å²) in [4.78, 5) is 14.4. The fraction of sp³-hybridized carbons (Fsp3) is 0.556. The highest BCUT2D eigenvalue weighted by Crippen LogP contribution is 2.29. The third-order valence-corrected chi connectivity index (χ3v) is 5.55. The zero-order valence-electron chi connectivity index (χ0n) is 14.7. The van der Waals surface area contributed by atoms with Crippen LogP contribution in [-0.4, -0.2) is 43.3 Å². The lowest BCUT2D eigenvalue weighted by atomic mass is 10.2. The van der Waals surface area contributed by atoms with Gasteiger partial charge in [-0.2, -0.15) is 0 Å². The minimum Gasteiger partial charge on any atom is -0.338 e. The number of amides is 1. The fourth-order valence-electron chi connectivity index (χ4n) is 3.24. The number of carbonyl (C=O) groups is 1. The lowest BCUT2D eigenvalue weighted by molar-refractivity contribution is -0.128. The summed E-state index contributed by atoms with van der Waals surface area (Å²) >= 11 is 1.59. The molecule has 1 saturated carbocycles. The third kappa shape index (κ3) is 4.81. The number of aromatic nitrogens is 4. The topological polar surface area (TPSA) is 63.9 Å². The predicted molar refractivity (Wildman–Crippen MR) is 99.0 cm³/mol. The third-order valence-electron chi connectivity index (χ3n) is 4.64. The van der Waals surface area contributed by atoms with Crippen LogP contribution in [0.1, 0.15) is 50.0 Å². The predicted octanol–water partition coefficient (Wildman–Crippen LogP) is 3.07. The van der Waals surface area contributed by atoms with Crippen molar-refractivity contribution in [3.05, 3.63) is 41.7 Å². The molecule has 134 valence electrons. The molecule has 2 aromatic rings. The van der Waals surface area contributed by atoms with Crippen molar-refractivity contribution in [3.8, 4) is 0 Å². The highest BCUT2D eigenvalue weighted by molar-refractivity contribution is 7.99. The molecule has 0 atom stereocenters. The first kappa shape index (κ1) is 17.9. The zero-order valence-corrected chi connectivity index (χ0v) is 15.5. The number of thioether (sulfide) groups is 1. The minimum atomic E-state index is 0.163. The average Bonchev–Trinajstić information content (AvgIpc) is 3.31. The van der Waals surface area contributed by atoms with Crippen molar-refractivity contribution in [2.75, 3.05) is 12.3 Å². The molecule has 1 aliphatic rings. The monoisotopic (exact) mass is 359 g/mol. The van der Waals surface area contributed by atoms with Gasteiger partial charge in [0, 0.05) is 13.1 Å². The highest BCUT2D eigenvalue weighted by atomic mass is 32.2. The van der Waals surface area contributed by atoms with Crippen LogP contribution in [0.4, 0.5) is 0 Å². The molecule has 25 heavy (non-hydrogen) atoms. The Balaban J connectivity index is 1.49. The molecule has 1 aromatic heterocycles. The van der Waals surface area contributed by atoms with Gasteiger partial charge in [-0.3, -0.25) is 4.79 Å². The molecule has 1 aliphatic carbocycles. The van der Waals surface area contributed by atoms with E-state index in [4.69, 9.17) is 0 Å². The fourth-order valence-corrected chi connectivity index (χ4v) is 4.07. The standard InChI is InChI=1S/C18H25N5OS/c1-2-22(12-15-8-4-3-5-9-15)18(24)14-25-13-17-19-20-21-23(17)16-10-6-7-11-16/h3-5,8-9,16H,2,6-7,10-14H2,1H3. The number of benzene rings is 1. The van der Waals surface area contributed by atoms with Crippen LogP contribution < -0.4 is 0 Å². The van der Waals surface area contributed by atoms with E-state index in [1.54, 1.807) is 11.8 Å². The van der Waals surface area contributed by atoms with E-state index in [0.29, 0.717) is 30.6 Å². The number of rotatable bonds is 8. The molecule has 0 aliphatic heterocycles. The minimum absolute atomic E-state index is 0.163. The van der Waals surface area contributed by atoms with Gasteiger partial charge in [-0.05, 0) is 35.8 Å². The number of nitrogens with zero attached hydrogens (tertiary/aromatic N) is 5. The Bertz CT molecular complexity index is 669. The molecule has 0 spiro atoms. The van der Waals surface area contributed by atoms with Crippen LogP contribution >= 0.6 is 11.8 Å². The van der Waals surface area contributed by atoms with E-state index in [1.807, 2.05) is 34.7 Å². The van der Waals surface area contributed by atoms with Gasteiger partial charge in [0.25, 0.3) is 0 Å². The SMILES string of the molecule is CCN(Cc1ccccc1)C(=O)CSCc1nnnn1C1CCCC1. The molecule has 0 saturated heterocycles. The van der Waals surface area contributed by atoms with E-state index >= 15 is 0 Å². The second-order valence-corrected chi connectivity index (χ2v) is 7.35. The van der Waals surface area contributed by atoms with Crippen molar-refractivity contribution in [1.82, 2.24) is 25.1 Å². The molecule has 0 unspecified atom stereocenters. The highest BCUT2D eigenvalue weighted by Gasteiger charge is 2.21. The van der Waals surface area contributed by atoms with Gasteiger partial charge in [-0.15, -0.1) is 16.9 Å². The molecule has 7 heteroatoms. The molecule has 6 nitrogen and oxygen atoms in total. The molecule has 0 bridgehead atoms. The van der Waals surface area contributed by atoms with Crippen LogP contribution in [0, 0.1) is 0 Å². The lowest BCUT2D eigenvalue weighted by Crippen LogP contribution is -2.31. The van der Waals surface area contributed by atoms with Crippen molar-refractivity contribution in [2.24, 2.45) is 0 Å². The van der Waals surface area contributed by atoms with Crippen molar-refractivity contribution < 1.29 is 4.79 Å². The summed E-state index contributed by atoms with van der Waals surface area (Å²) in [7, 11) is 0. The first-order valence-electron chi connectivity index (χ1n) is 8.94. The molecule has 1 fully saturated rings. The van der Waals surface area contributed by atoms with Crippen molar-refractivity contribution in [2.45, 2.75) is 50.9 Å². The Hall–Kier alpha value is -1.89. The van der Waals surface area contributed by atoms with Crippen LogP contribution in [0.2, 0.25) is 0 Å². The summed E-state index contributed by atoms with van der Waals surface area (Å²) in [5, 5.41) is 12.1. The van der Waals surface area contributed by atoms with E-state index in [-0.39, 0.29) is 5.91 Å². The molecule has 3 rings (SSSR count). The first-order chi connectivity index (χ1) is 12.3. The van der Waals surface area contributed by atoms with E-state index in [2.05, 4.69) is 27.7 Å². The van der Waals surface area contributed by atoms with Gasteiger partial charge in [-0.1, -0.05) is 43.2 Å². The number of carbonyl (C=O) groups excluding carboxylic acids is 1. The summed E-state index contributed by atoms with van der Waals surface area (Å²) in [5.41, 5.74) is 1.16. The van der Waals surface area contributed by atoms with E-state index < -0.39 is 0 Å². The number of tetrazole rings is 1. The Morgan fingerprint density at radius 3 is 2.76 bits per heavy atom. The molecule has 1 aromatic carbocycles. The van der Waals surface area contributed by atoms with Crippen LogP contribution in [-0.2, 0) is 17.1 Å². The Labute approximate surface area is 153 Å². The average molecular weight is 359 g/mol. The molecule has 1 amide bonds. The summed E-state index contributed by atoms with van der Waals surface area (Å²) in [6.45, 7) is 3.40. The van der Waals surface area contributed by atoms with Crippen molar-refractivity contribution in [3.63, 3.8) is 0 Å². The van der Waals surface area contributed by atoms with Gasteiger partial charge < -0.3 is 4.90 Å². The van der Waals surface area contributed by atoms with Gasteiger partial charge in [0.1, 0.15) is 0 Å². The van der Waals surface area contributed by atoms with Gasteiger partial charge >= 0.3 is 0 Å². The van der Waals surface area contributed by atoms with Crippen LogP contribution in [0.15, 0.2) is 30.3 Å². The van der Waals surface area contributed by atoms with Gasteiger partial charge in [0.15, 0.2) is 5.82 Å². The van der Waals surface area contributed by atoms with E-state index in [0.717, 1.165) is 24.2 Å². The summed E-state index contributed by atoms with van der Waals surface area (Å²) in [5.74, 6) is 2.18. The normalized spacial score (nSPS) is 14.8. The Morgan fingerprint density at radius 2 is 2.04 bits per heavy atom. The summed E-state index contributed by atoms with van der Waals surface area (Å²) in [6, 6.07) is 10.5. The largest absolute Gasteiger partial charge is 0.338 e. The number of hydrogen-bond donors (Lipinski definition) is 0. The maximum atomic E-state index is 12.5. The first-order valence-corrected chi connectivity index (χ1v) is 10.1. The molecular formula is C18H25N5OS. The van der Waals surface area contributed by atoms with E-state index in [1.165, 1.54) is 12.8 Å². The smallest absolute Gasteiger partial charge is 0.232 e.